The van der Waals surface area contributed by atoms with Gasteiger partial charge in [-0.05, 0) is 88.2 Å². The summed E-state index contributed by atoms with van der Waals surface area (Å²) in [6.45, 7) is 5.77. The molecular weight excluding hydrogens is 392 g/mol. The maximum atomic E-state index is 4.87. The molecule has 2 saturated carbocycles. The minimum absolute atomic E-state index is 0.356. The molecule has 0 bridgehead atoms. The van der Waals surface area contributed by atoms with Gasteiger partial charge in [-0.15, -0.1) is 0 Å². The summed E-state index contributed by atoms with van der Waals surface area (Å²) < 4.78 is 2.56. The van der Waals surface area contributed by atoms with E-state index in [0.29, 0.717) is 16.9 Å². The lowest BCUT2D eigenvalue weighted by Gasteiger charge is -2.47. The van der Waals surface area contributed by atoms with Crippen molar-refractivity contribution in [1.82, 2.24) is 19.8 Å². The Bertz CT molecular complexity index is 1140. The third-order valence-corrected chi connectivity index (χ3v) is 9.58. The predicted molar refractivity (Wildman–Crippen MR) is 129 cm³/mol. The second-order valence-electron chi connectivity index (χ2n) is 11.0. The Kier molecular flexibility index (Phi) is 4.17. The number of benzene rings is 2. The number of nitrogens with zero attached hydrogens (tertiary/aromatic N) is 3. The van der Waals surface area contributed by atoms with Crippen molar-refractivity contribution in [3.8, 4) is 0 Å². The Hall–Kier alpha value is -2.17. The normalized spacial score (nSPS) is 33.0. The first-order valence-corrected chi connectivity index (χ1v) is 12.7. The fraction of sp³-hybridized carbons (Fsp3) is 0.536. The van der Waals surface area contributed by atoms with Crippen LogP contribution in [0.2, 0.25) is 0 Å². The van der Waals surface area contributed by atoms with Crippen molar-refractivity contribution >= 4 is 11.0 Å². The highest BCUT2D eigenvalue weighted by Crippen LogP contribution is 2.72. The summed E-state index contributed by atoms with van der Waals surface area (Å²) in [4.78, 5) is 7.77. The molecule has 2 aromatic carbocycles. The Morgan fingerprint density at radius 2 is 1.75 bits per heavy atom. The molecule has 2 saturated heterocycles. The molecule has 7 rings (SSSR count). The lowest BCUT2D eigenvalue weighted by molar-refractivity contribution is 0.0254. The minimum Gasteiger partial charge on any atom is -0.325 e. The van der Waals surface area contributed by atoms with Crippen molar-refractivity contribution in [2.24, 2.45) is 5.41 Å². The highest BCUT2D eigenvalue weighted by atomic mass is 15.4. The summed E-state index contributed by atoms with van der Waals surface area (Å²) in [6.07, 6.45) is 7.94. The lowest BCUT2D eigenvalue weighted by Crippen LogP contribution is -2.54. The molecule has 0 amide bonds. The minimum atomic E-state index is 0.356. The van der Waals surface area contributed by atoms with E-state index in [0.717, 1.165) is 30.7 Å². The first-order chi connectivity index (χ1) is 15.7. The predicted octanol–water partition coefficient (Wildman–Crippen LogP) is 4.83. The number of aryl methyl sites for hydroxylation is 1. The lowest BCUT2D eigenvalue weighted by atomic mass is 9.70. The molecule has 1 spiro atoms. The average Bonchev–Trinajstić information content (AvgIpc) is 3.14. The zero-order chi connectivity index (χ0) is 21.3. The molecule has 4 aliphatic rings. The molecule has 1 N–H and O–H groups in total. The van der Waals surface area contributed by atoms with Crippen molar-refractivity contribution in [1.29, 1.82) is 0 Å². The second-order valence-corrected chi connectivity index (χ2v) is 11.0. The van der Waals surface area contributed by atoms with E-state index in [4.69, 9.17) is 4.98 Å². The first kappa shape index (κ1) is 19.3. The maximum Gasteiger partial charge on any atom is 0.106 e. The van der Waals surface area contributed by atoms with Crippen LogP contribution in [0.5, 0.6) is 0 Å². The molecule has 2 aliphatic carbocycles. The fourth-order valence-corrected chi connectivity index (χ4v) is 7.93. The molecule has 2 aliphatic heterocycles. The molecule has 4 nitrogen and oxygen atoms in total. The number of fused-ring (bicyclic) bond motifs is 1. The van der Waals surface area contributed by atoms with E-state index in [1.54, 1.807) is 5.56 Å². The molecule has 1 aromatic heterocycles. The van der Waals surface area contributed by atoms with Crippen molar-refractivity contribution in [2.45, 2.75) is 69.0 Å². The Balaban J connectivity index is 1.11. The number of aromatic nitrogens is 2. The molecule has 166 valence electrons. The summed E-state index contributed by atoms with van der Waals surface area (Å²) in [5.74, 6) is 1.19. The van der Waals surface area contributed by atoms with Crippen molar-refractivity contribution in [3.05, 3.63) is 66.0 Å². The van der Waals surface area contributed by atoms with Gasteiger partial charge in [-0.3, -0.25) is 4.90 Å². The van der Waals surface area contributed by atoms with Gasteiger partial charge in [0, 0.05) is 23.5 Å². The van der Waals surface area contributed by atoms with E-state index in [2.05, 4.69) is 76.3 Å². The van der Waals surface area contributed by atoms with Gasteiger partial charge < -0.3 is 9.88 Å². The van der Waals surface area contributed by atoms with Crippen LogP contribution in [-0.2, 0) is 5.41 Å². The number of hydrogen-bond donors (Lipinski definition) is 1. The summed E-state index contributed by atoms with van der Waals surface area (Å²) in [5, 5.41) is 3.60. The molecular formula is C28H34N4. The van der Waals surface area contributed by atoms with Crippen molar-refractivity contribution in [2.75, 3.05) is 19.6 Å². The van der Waals surface area contributed by atoms with Crippen LogP contribution < -0.4 is 5.32 Å². The van der Waals surface area contributed by atoms with Gasteiger partial charge in [0.2, 0.25) is 0 Å². The second kappa shape index (κ2) is 6.91. The quantitative estimate of drug-likeness (QED) is 0.634. The number of para-hydroxylation sites is 2. The van der Waals surface area contributed by atoms with E-state index in [9.17, 15) is 0 Å². The average molecular weight is 427 g/mol. The van der Waals surface area contributed by atoms with Gasteiger partial charge in [0.25, 0.3) is 0 Å². The van der Waals surface area contributed by atoms with Gasteiger partial charge in [-0.1, -0.05) is 42.5 Å². The smallest absolute Gasteiger partial charge is 0.106 e. The SMILES string of the molecule is Cc1nc2ccccc2n1C1CC2N(CCC3(c4ccccc4)CCNCC3)C3CC23C1. The zero-order valence-corrected chi connectivity index (χ0v) is 19.1. The Labute approximate surface area is 191 Å². The van der Waals surface area contributed by atoms with Crippen molar-refractivity contribution < 1.29 is 0 Å². The summed E-state index contributed by atoms with van der Waals surface area (Å²) in [6, 6.07) is 22.3. The highest BCUT2D eigenvalue weighted by molar-refractivity contribution is 5.76. The largest absolute Gasteiger partial charge is 0.325 e. The van der Waals surface area contributed by atoms with Crippen LogP contribution in [0.3, 0.4) is 0 Å². The highest BCUT2D eigenvalue weighted by Gasteiger charge is 2.75. The van der Waals surface area contributed by atoms with Crippen LogP contribution in [0.4, 0.5) is 0 Å². The van der Waals surface area contributed by atoms with E-state index < -0.39 is 0 Å². The fourth-order valence-electron chi connectivity index (χ4n) is 7.93. The number of hydrogen-bond acceptors (Lipinski definition) is 3. The van der Waals surface area contributed by atoms with Gasteiger partial charge in [0.05, 0.1) is 11.0 Å². The molecule has 3 heterocycles. The molecule has 4 unspecified atom stereocenters. The molecule has 4 heteroatoms. The van der Waals surface area contributed by atoms with E-state index in [1.807, 2.05) is 0 Å². The monoisotopic (exact) mass is 426 g/mol. The maximum absolute atomic E-state index is 4.87. The van der Waals surface area contributed by atoms with Crippen LogP contribution in [0, 0.1) is 12.3 Å². The van der Waals surface area contributed by atoms with Crippen molar-refractivity contribution in [3.63, 3.8) is 0 Å². The summed E-state index contributed by atoms with van der Waals surface area (Å²) >= 11 is 0. The van der Waals surface area contributed by atoms with Crippen LogP contribution >= 0.6 is 0 Å². The number of likely N-dealkylation sites (tertiary alicyclic amines) is 1. The molecule has 4 atom stereocenters. The van der Waals surface area contributed by atoms with Gasteiger partial charge in [0.15, 0.2) is 0 Å². The van der Waals surface area contributed by atoms with Crippen LogP contribution in [-0.4, -0.2) is 46.2 Å². The number of piperidine rings is 1. The van der Waals surface area contributed by atoms with Gasteiger partial charge >= 0.3 is 0 Å². The van der Waals surface area contributed by atoms with Crippen LogP contribution in [0.15, 0.2) is 54.6 Å². The molecule has 0 radical (unpaired) electrons. The van der Waals surface area contributed by atoms with E-state index in [1.165, 1.54) is 56.4 Å². The molecule has 32 heavy (non-hydrogen) atoms. The van der Waals surface area contributed by atoms with Gasteiger partial charge in [0.1, 0.15) is 5.82 Å². The van der Waals surface area contributed by atoms with E-state index >= 15 is 0 Å². The first-order valence-electron chi connectivity index (χ1n) is 12.7. The molecule has 3 aromatic rings. The Morgan fingerprint density at radius 1 is 0.969 bits per heavy atom. The summed E-state index contributed by atoms with van der Waals surface area (Å²) in [5.41, 5.74) is 5.02. The van der Waals surface area contributed by atoms with Gasteiger partial charge in [-0.2, -0.15) is 0 Å². The molecule has 4 fully saturated rings. The van der Waals surface area contributed by atoms with Crippen LogP contribution in [0.25, 0.3) is 11.0 Å². The Morgan fingerprint density at radius 3 is 2.59 bits per heavy atom. The van der Waals surface area contributed by atoms with Gasteiger partial charge in [-0.25, -0.2) is 4.98 Å². The van der Waals surface area contributed by atoms with Crippen LogP contribution in [0.1, 0.15) is 56.0 Å². The number of imidazole rings is 1. The zero-order valence-electron chi connectivity index (χ0n) is 19.1. The number of rotatable bonds is 5. The number of nitrogens with one attached hydrogen (secondary N) is 1. The summed E-state index contributed by atoms with van der Waals surface area (Å²) in [7, 11) is 0. The van der Waals surface area contributed by atoms with E-state index in [-0.39, 0.29) is 0 Å². The topological polar surface area (TPSA) is 33.1 Å². The standard InChI is InChI=1S/C28H34N4/c1-20-30-23-9-5-6-10-24(23)32(20)22-17-25-28(18-22)19-26(28)31(25)16-13-27(11-14-29-15-12-27)21-7-3-2-4-8-21/h2-10,22,25-26,29H,11-19H2,1H3. The third kappa shape index (κ3) is 2.66. The third-order valence-electron chi connectivity index (χ3n) is 9.58.